The van der Waals surface area contributed by atoms with Gasteiger partial charge < -0.3 is 0 Å². The van der Waals surface area contributed by atoms with Crippen molar-refractivity contribution >= 4 is 33.0 Å². The van der Waals surface area contributed by atoms with E-state index in [9.17, 15) is 4.79 Å². The molecule has 1 aromatic rings. The van der Waals surface area contributed by atoms with Gasteiger partial charge in [-0.15, -0.1) is 11.3 Å². The number of carbonyl (C=O) groups excluding carboxylic acids is 1. The van der Waals surface area contributed by atoms with E-state index in [0.717, 1.165) is 27.4 Å². The van der Waals surface area contributed by atoms with Crippen LogP contribution in [0.4, 0.5) is 0 Å². The second kappa shape index (κ2) is 5.97. The van der Waals surface area contributed by atoms with Crippen LogP contribution in [0.2, 0.25) is 0 Å². The maximum Gasteiger partial charge on any atom is 0.172 e. The van der Waals surface area contributed by atoms with Gasteiger partial charge in [0.05, 0.1) is 8.66 Å². The predicted molar refractivity (Wildman–Crippen MR) is 72.2 cm³/mol. The first-order chi connectivity index (χ1) is 7.75. The Balaban J connectivity index is 1.79. The first kappa shape index (κ1) is 12.3. The van der Waals surface area contributed by atoms with E-state index in [2.05, 4.69) is 15.9 Å². The summed E-state index contributed by atoms with van der Waals surface area (Å²) in [5, 5.41) is 0. The normalized spacial score (nSPS) is 17.6. The van der Waals surface area contributed by atoms with Crippen molar-refractivity contribution in [1.29, 1.82) is 0 Å². The highest BCUT2D eigenvalue weighted by Crippen LogP contribution is 2.29. The minimum Gasteiger partial charge on any atom is -0.293 e. The minimum atomic E-state index is 0.321. The fourth-order valence-corrected chi connectivity index (χ4v) is 3.75. The van der Waals surface area contributed by atoms with Crippen molar-refractivity contribution in [2.24, 2.45) is 5.92 Å². The zero-order chi connectivity index (χ0) is 11.4. The van der Waals surface area contributed by atoms with Crippen molar-refractivity contribution in [3.63, 3.8) is 0 Å². The summed E-state index contributed by atoms with van der Waals surface area (Å²) in [5.74, 6) is 1.13. The van der Waals surface area contributed by atoms with Crippen molar-refractivity contribution in [3.05, 3.63) is 20.8 Å². The predicted octanol–water partition coefficient (Wildman–Crippen LogP) is 5.05. The van der Waals surface area contributed by atoms with Crippen LogP contribution >= 0.6 is 27.3 Å². The van der Waals surface area contributed by atoms with Gasteiger partial charge in [-0.1, -0.05) is 32.1 Å². The van der Waals surface area contributed by atoms with Crippen molar-refractivity contribution in [2.75, 3.05) is 0 Å². The fourth-order valence-electron chi connectivity index (χ4n) is 2.40. The number of Topliss-reactive ketones (excluding diaryl/α,β-unsaturated/α-hetero) is 1. The smallest absolute Gasteiger partial charge is 0.172 e. The van der Waals surface area contributed by atoms with Crippen LogP contribution in [0.5, 0.6) is 0 Å². The highest BCUT2D eigenvalue weighted by Gasteiger charge is 2.16. The molecule has 1 saturated carbocycles. The Labute approximate surface area is 109 Å². The monoisotopic (exact) mass is 300 g/mol. The maximum atomic E-state index is 11.9. The average molecular weight is 301 g/mol. The van der Waals surface area contributed by atoms with Crippen LogP contribution in [0, 0.1) is 5.92 Å². The summed E-state index contributed by atoms with van der Waals surface area (Å²) in [6.45, 7) is 0. The second-order valence-corrected chi connectivity index (χ2v) is 7.03. The van der Waals surface area contributed by atoms with Crippen molar-refractivity contribution < 1.29 is 4.79 Å². The van der Waals surface area contributed by atoms with Gasteiger partial charge in [0.1, 0.15) is 0 Å². The third-order valence-corrected chi connectivity index (χ3v) is 5.02. The molecule has 0 N–H and O–H groups in total. The van der Waals surface area contributed by atoms with Gasteiger partial charge in [-0.3, -0.25) is 4.79 Å². The third-order valence-electron chi connectivity index (χ3n) is 3.35. The van der Waals surface area contributed by atoms with Crippen molar-refractivity contribution in [1.82, 2.24) is 0 Å². The lowest BCUT2D eigenvalue weighted by Crippen LogP contribution is -2.08. The molecule has 0 amide bonds. The van der Waals surface area contributed by atoms with Gasteiger partial charge >= 0.3 is 0 Å². The standard InChI is InChI=1S/C13H17BrOS/c14-13-9-8-12(16-13)11(15)7-6-10-4-2-1-3-5-10/h8-10H,1-7H2. The van der Waals surface area contributed by atoms with Gasteiger partial charge in [0.25, 0.3) is 0 Å². The summed E-state index contributed by atoms with van der Waals surface area (Å²) in [4.78, 5) is 12.8. The van der Waals surface area contributed by atoms with Gasteiger partial charge in [0, 0.05) is 6.42 Å². The summed E-state index contributed by atoms with van der Waals surface area (Å²) < 4.78 is 1.05. The molecule has 0 aromatic carbocycles. The molecule has 1 fully saturated rings. The van der Waals surface area contributed by atoms with E-state index in [-0.39, 0.29) is 0 Å². The molecule has 2 rings (SSSR count). The Morgan fingerprint density at radius 2 is 2.06 bits per heavy atom. The lowest BCUT2D eigenvalue weighted by Gasteiger charge is -2.20. The number of hydrogen-bond acceptors (Lipinski definition) is 2. The van der Waals surface area contributed by atoms with E-state index in [1.54, 1.807) is 11.3 Å². The first-order valence-electron chi connectivity index (χ1n) is 6.04. The molecule has 1 aliphatic rings. The van der Waals surface area contributed by atoms with E-state index in [1.807, 2.05) is 12.1 Å². The molecular formula is C13H17BrOS. The number of thiophene rings is 1. The molecule has 1 aromatic heterocycles. The summed E-state index contributed by atoms with van der Waals surface area (Å²) in [6, 6.07) is 3.89. The van der Waals surface area contributed by atoms with Gasteiger partial charge in [0.15, 0.2) is 5.78 Å². The Hall–Kier alpha value is -0.150. The van der Waals surface area contributed by atoms with Crippen LogP contribution in [-0.4, -0.2) is 5.78 Å². The van der Waals surface area contributed by atoms with Crippen LogP contribution in [0.3, 0.4) is 0 Å². The number of hydrogen-bond donors (Lipinski definition) is 0. The topological polar surface area (TPSA) is 17.1 Å². The molecule has 3 heteroatoms. The molecule has 1 heterocycles. The van der Waals surface area contributed by atoms with E-state index in [4.69, 9.17) is 0 Å². The van der Waals surface area contributed by atoms with Crippen molar-refractivity contribution in [3.8, 4) is 0 Å². The lowest BCUT2D eigenvalue weighted by molar-refractivity contribution is 0.0974. The van der Waals surface area contributed by atoms with E-state index < -0.39 is 0 Å². The number of halogens is 1. The Morgan fingerprint density at radius 1 is 1.31 bits per heavy atom. The van der Waals surface area contributed by atoms with Crippen LogP contribution in [-0.2, 0) is 0 Å². The molecule has 88 valence electrons. The average Bonchev–Trinajstić information content (AvgIpc) is 2.74. The van der Waals surface area contributed by atoms with Crippen LogP contribution in [0.15, 0.2) is 15.9 Å². The Morgan fingerprint density at radius 3 is 2.69 bits per heavy atom. The van der Waals surface area contributed by atoms with E-state index in [0.29, 0.717) is 5.78 Å². The maximum absolute atomic E-state index is 11.9. The second-order valence-electron chi connectivity index (χ2n) is 4.57. The molecule has 0 radical (unpaired) electrons. The molecule has 16 heavy (non-hydrogen) atoms. The van der Waals surface area contributed by atoms with Crippen LogP contribution < -0.4 is 0 Å². The summed E-state index contributed by atoms with van der Waals surface area (Å²) in [5.41, 5.74) is 0. The molecule has 0 unspecified atom stereocenters. The van der Waals surface area contributed by atoms with Crippen LogP contribution in [0.25, 0.3) is 0 Å². The molecular weight excluding hydrogens is 284 g/mol. The Kier molecular flexibility index (Phi) is 4.59. The van der Waals surface area contributed by atoms with E-state index in [1.165, 1.54) is 32.1 Å². The largest absolute Gasteiger partial charge is 0.293 e. The number of ketones is 1. The first-order valence-corrected chi connectivity index (χ1v) is 7.65. The molecule has 0 aliphatic heterocycles. The lowest BCUT2D eigenvalue weighted by atomic mass is 9.85. The molecule has 0 saturated heterocycles. The van der Waals surface area contributed by atoms with Gasteiger partial charge in [-0.2, -0.15) is 0 Å². The molecule has 0 bridgehead atoms. The summed E-state index contributed by atoms with van der Waals surface area (Å²) in [6.07, 6.45) is 8.62. The molecule has 1 aliphatic carbocycles. The molecule has 1 nitrogen and oxygen atoms in total. The number of carbonyl (C=O) groups is 1. The minimum absolute atomic E-state index is 0.321. The summed E-state index contributed by atoms with van der Waals surface area (Å²) >= 11 is 4.94. The van der Waals surface area contributed by atoms with Crippen molar-refractivity contribution in [2.45, 2.75) is 44.9 Å². The third kappa shape index (κ3) is 3.42. The van der Waals surface area contributed by atoms with Gasteiger partial charge in [-0.25, -0.2) is 0 Å². The highest BCUT2D eigenvalue weighted by molar-refractivity contribution is 9.11. The summed E-state index contributed by atoms with van der Waals surface area (Å²) in [7, 11) is 0. The zero-order valence-corrected chi connectivity index (χ0v) is 11.8. The number of rotatable bonds is 4. The fraction of sp³-hybridized carbons (Fsp3) is 0.615. The zero-order valence-electron chi connectivity index (χ0n) is 9.38. The Bertz CT molecular complexity index is 353. The highest BCUT2D eigenvalue weighted by atomic mass is 79.9. The molecule has 0 spiro atoms. The van der Waals surface area contributed by atoms with Crippen LogP contribution in [0.1, 0.15) is 54.6 Å². The van der Waals surface area contributed by atoms with Gasteiger partial charge in [0.2, 0.25) is 0 Å². The quantitative estimate of drug-likeness (QED) is 0.711. The van der Waals surface area contributed by atoms with E-state index >= 15 is 0 Å². The molecule has 0 atom stereocenters. The van der Waals surface area contributed by atoms with Gasteiger partial charge in [-0.05, 0) is 40.4 Å². The SMILES string of the molecule is O=C(CCC1CCCCC1)c1ccc(Br)s1.